The zero-order valence-corrected chi connectivity index (χ0v) is 8.28. The van der Waals surface area contributed by atoms with E-state index in [4.69, 9.17) is 17.3 Å². The monoisotopic (exact) mass is 207 g/mol. The predicted molar refractivity (Wildman–Crippen MR) is 57.2 cm³/mol. The molecule has 0 radical (unpaired) electrons. The molecule has 0 aliphatic rings. The molecule has 1 aromatic heterocycles. The Balaban J connectivity index is 2.15. The maximum Gasteiger partial charge on any atom is 0.141 e. The van der Waals surface area contributed by atoms with Crippen molar-refractivity contribution in [3.05, 3.63) is 47.4 Å². The average Bonchev–Trinajstić information content (AvgIpc) is 2.56. The molecule has 2 N–H and O–H groups in total. The number of nitrogen functional groups attached to an aromatic ring is 1. The van der Waals surface area contributed by atoms with E-state index in [2.05, 4.69) is 4.98 Å². The minimum Gasteiger partial charge on any atom is -0.382 e. The first-order valence-electron chi connectivity index (χ1n) is 4.26. The van der Waals surface area contributed by atoms with Crippen molar-refractivity contribution >= 4 is 17.4 Å². The van der Waals surface area contributed by atoms with Crippen molar-refractivity contribution in [1.29, 1.82) is 0 Å². The lowest BCUT2D eigenvalue weighted by Crippen LogP contribution is -1.95. The Labute approximate surface area is 87.1 Å². The molecule has 0 aliphatic heterocycles. The van der Waals surface area contributed by atoms with Gasteiger partial charge >= 0.3 is 0 Å². The number of anilines is 1. The van der Waals surface area contributed by atoms with Gasteiger partial charge in [-0.3, -0.25) is 0 Å². The van der Waals surface area contributed by atoms with Crippen molar-refractivity contribution in [3.8, 4) is 0 Å². The third-order valence-corrected chi connectivity index (χ3v) is 2.18. The number of benzene rings is 1. The standard InChI is InChI=1S/C10H10ClN3/c11-9-3-1-8(2-4-9)5-14-6-10(12)13-7-14/h1-4,6-7H,5,12H2. The third kappa shape index (κ3) is 2.06. The normalized spacial score (nSPS) is 10.4. The summed E-state index contributed by atoms with van der Waals surface area (Å²) in [4.78, 5) is 3.95. The van der Waals surface area contributed by atoms with Gasteiger partial charge in [0, 0.05) is 17.8 Å². The molecule has 4 heteroatoms. The SMILES string of the molecule is Nc1cn(Cc2ccc(Cl)cc2)cn1. The largest absolute Gasteiger partial charge is 0.382 e. The van der Waals surface area contributed by atoms with E-state index >= 15 is 0 Å². The fraction of sp³-hybridized carbons (Fsp3) is 0.100. The fourth-order valence-corrected chi connectivity index (χ4v) is 1.39. The number of aromatic nitrogens is 2. The zero-order chi connectivity index (χ0) is 9.97. The van der Waals surface area contributed by atoms with Gasteiger partial charge < -0.3 is 10.3 Å². The van der Waals surface area contributed by atoms with Crippen LogP contribution in [0.5, 0.6) is 0 Å². The van der Waals surface area contributed by atoms with Crippen molar-refractivity contribution < 1.29 is 0 Å². The Morgan fingerprint density at radius 1 is 1.29 bits per heavy atom. The van der Waals surface area contributed by atoms with Crippen molar-refractivity contribution in [1.82, 2.24) is 9.55 Å². The molecule has 0 fully saturated rings. The molecule has 0 unspecified atom stereocenters. The van der Waals surface area contributed by atoms with Crippen LogP contribution in [-0.4, -0.2) is 9.55 Å². The summed E-state index contributed by atoms with van der Waals surface area (Å²) in [7, 11) is 0. The van der Waals surface area contributed by atoms with Gasteiger partial charge in [0.25, 0.3) is 0 Å². The topological polar surface area (TPSA) is 43.8 Å². The molecule has 2 aromatic rings. The first kappa shape index (κ1) is 9.09. The minimum atomic E-state index is 0.541. The van der Waals surface area contributed by atoms with Crippen LogP contribution < -0.4 is 5.73 Å². The molecule has 1 aromatic carbocycles. The second kappa shape index (κ2) is 3.72. The predicted octanol–water partition coefficient (Wildman–Crippen LogP) is 2.17. The quantitative estimate of drug-likeness (QED) is 0.820. The molecule has 0 atom stereocenters. The summed E-state index contributed by atoms with van der Waals surface area (Å²) in [6, 6.07) is 7.71. The van der Waals surface area contributed by atoms with Crippen LogP contribution in [-0.2, 0) is 6.54 Å². The number of rotatable bonds is 2. The van der Waals surface area contributed by atoms with Crippen LogP contribution in [0.3, 0.4) is 0 Å². The molecular formula is C10H10ClN3. The third-order valence-electron chi connectivity index (χ3n) is 1.93. The minimum absolute atomic E-state index is 0.541. The summed E-state index contributed by atoms with van der Waals surface area (Å²) in [5.41, 5.74) is 6.68. The maximum atomic E-state index is 5.78. The van der Waals surface area contributed by atoms with Crippen molar-refractivity contribution in [2.24, 2.45) is 0 Å². The van der Waals surface area contributed by atoms with Gasteiger partial charge in [-0.15, -0.1) is 0 Å². The summed E-state index contributed by atoms with van der Waals surface area (Å²) in [5, 5.41) is 0.749. The van der Waals surface area contributed by atoms with Gasteiger partial charge in [-0.05, 0) is 17.7 Å². The highest BCUT2D eigenvalue weighted by atomic mass is 35.5. The summed E-state index contributed by atoms with van der Waals surface area (Å²) >= 11 is 5.78. The Morgan fingerprint density at radius 2 is 2.00 bits per heavy atom. The van der Waals surface area contributed by atoms with Crippen LogP contribution in [0.2, 0.25) is 5.02 Å². The highest BCUT2D eigenvalue weighted by Crippen LogP contribution is 2.11. The van der Waals surface area contributed by atoms with Gasteiger partial charge in [-0.2, -0.15) is 0 Å². The Kier molecular flexibility index (Phi) is 2.41. The van der Waals surface area contributed by atoms with Gasteiger partial charge in [0.05, 0.1) is 6.33 Å². The lowest BCUT2D eigenvalue weighted by molar-refractivity contribution is 0.797. The number of nitrogens with two attached hydrogens (primary N) is 1. The molecule has 0 saturated carbocycles. The van der Waals surface area contributed by atoms with Crippen molar-refractivity contribution in [2.45, 2.75) is 6.54 Å². The van der Waals surface area contributed by atoms with Crippen molar-refractivity contribution in [2.75, 3.05) is 5.73 Å². The first-order valence-corrected chi connectivity index (χ1v) is 4.63. The van der Waals surface area contributed by atoms with Crippen LogP contribution in [0.1, 0.15) is 5.56 Å². The molecule has 0 spiro atoms. The van der Waals surface area contributed by atoms with E-state index in [1.165, 1.54) is 5.56 Å². The lowest BCUT2D eigenvalue weighted by Gasteiger charge is -2.01. The van der Waals surface area contributed by atoms with E-state index in [0.29, 0.717) is 5.82 Å². The number of hydrogen-bond donors (Lipinski definition) is 1. The Bertz CT molecular complexity index is 419. The van der Waals surface area contributed by atoms with Gasteiger partial charge in [0.1, 0.15) is 5.82 Å². The molecule has 72 valence electrons. The number of hydrogen-bond acceptors (Lipinski definition) is 2. The second-order valence-corrected chi connectivity index (χ2v) is 3.53. The van der Waals surface area contributed by atoms with Crippen LogP contribution >= 0.6 is 11.6 Å². The molecule has 0 amide bonds. The van der Waals surface area contributed by atoms with E-state index in [1.54, 1.807) is 12.5 Å². The molecule has 14 heavy (non-hydrogen) atoms. The number of imidazole rings is 1. The molecule has 3 nitrogen and oxygen atoms in total. The number of nitrogens with zero attached hydrogens (tertiary/aromatic N) is 2. The molecule has 0 aliphatic carbocycles. The zero-order valence-electron chi connectivity index (χ0n) is 7.52. The summed E-state index contributed by atoms with van der Waals surface area (Å²) in [5.74, 6) is 0.541. The van der Waals surface area contributed by atoms with E-state index in [0.717, 1.165) is 11.6 Å². The fourth-order valence-electron chi connectivity index (χ4n) is 1.26. The molecule has 2 rings (SSSR count). The Morgan fingerprint density at radius 3 is 2.57 bits per heavy atom. The van der Waals surface area contributed by atoms with Gasteiger partial charge in [0.2, 0.25) is 0 Å². The van der Waals surface area contributed by atoms with E-state index in [9.17, 15) is 0 Å². The molecule has 0 bridgehead atoms. The Hall–Kier alpha value is -1.48. The molecule has 0 saturated heterocycles. The molecule has 1 heterocycles. The van der Waals surface area contributed by atoms with Gasteiger partial charge in [0.15, 0.2) is 0 Å². The van der Waals surface area contributed by atoms with Crippen molar-refractivity contribution in [3.63, 3.8) is 0 Å². The van der Waals surface area contributed by atoms with Gasteiger partial charge in [-0.25, -0.2) is 4.98 Å². The first-order chi connectivity index (χ1) is 6.74. The lowest BCUT2D eigenvalue weighted by atomic mass is 10.2. The van der Waals surface area contributed by atoms with Crippen LogP contribution in [0, 0.1) is 0 Å². The highest BCUT2D eigenvalue weighted by molar-refractivity contribution is 6.30. The summed E-state index contributed by atoms with van der Waals surface area (Å²) < 4.78 is 1.93. The van der Waals surface area contributed by atoms with Gasteiger partial charge in [-0.1, -0.05) is 23.7 Å². The average molecular weight is 208 g/mol. The smallest absolute Gasteiger partial charge is 0.141 e. The van der Waals surface area contributed by atoms with E-state index in [1.807, 2.05) is 28.8 Å². The van der Waals surface area contributed by atoms with Crippen LogP contribution in [0.15, 0.2) is 36.8 Å². The summed E-state index contributed by atoms with van der Waals surface area (Å²) in [6.45, 7) is 0.765. The maximum absolute atomic E-state index is 5.78. The second-order valence-electron chi connectivity index (χ2n) is 3.10. The molecular weight excluding hydrogens is 198 g/mol. The number of halogens is 1. The van der Waals surface area contributed by atoms with Crippen LogP contribution in [0.25, 0.3) is 0 Å². The summed E-state index contributed by atoms with van der Waals surface area (Å²) in [6.07, 6.45) is 3.51. The van der Waals surface area contributed by atoms with Crippen LogP contribution in [0.4, 0.5) is 5.82 Å². The van der Waals surface area contributed by atoms with E-state index in [-0.39, 0.29) is 0 Å². The highest BCUT2D eigenvalue weighted by Gasteiger charge is 1.96. The van der Waals surface area contributed by atoms with E-state index < -0.39 is 0 Å².